The summed E-state index contributed by atoms with van der Waals surface area (Å²) in [5, 5.41) is 15.3. The van der Waals surface area contributed by atoms with E-state index in [9.17, 15) is 22.7 Å². The van der Waals surface area contributed by atoms with E-state index < -0.39 is 12.2 Å². The van der Waals surface area contributed by atoms with Crippen molar-refractivity contribution in [2.75, 3.05) is 30.3 Å². The summed E-state index contributed by atoms with van der Waals surface area (Å²) in [4.78, 5) is 10.3. The fourth-order valence-corrected chi connectivity index (χ4v) is 4.37. The van der Waals surface area contributed by atoms with Crippen LogP contribution in [-0.4, -0.2) is 58.1 Å². The molecule has 0 bridgehead atoms. The van der Waals surface area contributed by atoms with Crippen LogP contribution in [0, 0.1) is 11.7 Å². The first-order chi connectivity index (χ1) is 15.8. The van der Waals surface area contributed by atoms with Crippen molar-refractivity contribution in [1.29, 1.82) is 0 Å². The Morgan fingerprint density at radius 3 is 2.52 bits per heavy atom. The molecule has 3 N–H and O–H groups in total. The molecule has 33 heavy (non-hydrogen) atoms. The molecular weight excluding hydrogens is 442 g/mol. The lowest BCUT2D eigenvalue weighted by molar-refractivity contribution is -0.274. The molecule has 0 radical (unpaired) electrons. The third-order valence-electron chi connectivity index (χ3n) is 6.16. The summed E-state index contributed by atoms with van der Waals surface area (Å²) in [6, 6.07) is 6.27. The lowest BCUT2D eigenvalue weighted by Gasteiger charge is -2.44. The van der Waals surface area contributed by atoms with Gasteiger partial charge >= 0.3 is 6.36 Å². The van der Waals surface area contributed by atoms with Gasteiger partial charge in [-0.05, 0) is 37.7 Å². The number of aliphatic hydroxyl groups is 1. The normalized spacial score (nSPS) is 22.0. The summed E-state index contributed by atoms with van der Waals surface area (Å²) in [6.07, 6.45) is 0.168. The number of nitrogens with zero attached hydrogens (tertiary/aromatic N) is 3. The first-order valence-electron chi connectivity index (χ1n) is 11.0. The van der Waals surface area contributed by atoms with Gasteiger partial charge in [-0.25, -0.2) is 9.37 Å². The van der Waals surface area contributed by atoms with E-state index in [1.54, 1.807) is 6.07 Å². The Morgan fingerprint density at radius 1 is 1.09 bits per heavy atom. The van der Waals surface area contributed by atoms with Gasteiger partial charge in [-0.2, -0.15) is 4.98 Å². The average molecular weight is 469 g/mol. The molecule has 2 heterocycles. The zero-order valence-electron chi connectivity index (χ0n) is 18.0. The molecule has 4 rings (SSSR count). The van der Waals surface area contributed by atoms with Crippen molar-refractivity contribution in [3.8, 4) is 5.75 Å². The van der Waals surface area contributed by atoms with Crippen LogP contribution in [0.3, 0.4) is 0 Å². The fourth-order valence-electron chi connectivity index (χ4n) is 4.37. The molecule has 1 aromatic heterocycles. The number of alkyl halides is 3. The summed E-state index contributed by atoms with van der Waals surface area (Å²) in [7, 11) is 0. The second kappa shape index (κ2) is 10.1. The number of para-hydroxylation sites is 1. The molecule has 1 saturated carbocycles. The van der Waals surface area contributed by atoms with E-state index in [1.807, 2.05) is 0 Å². The largest absolute Gasteiger partial charge is 0.573 e. The van der Waals surface area contributed by atoms with Crippen LogP contribution in [0.15, 0.2) is 30.5 Å². The number of aromatic nitrogens is 2. The highest BCUT2D eigenvalue weighted by Crippen LogP contribution is 2.30. The Bertz CT molecular complexity index is 931. The highest BCUT2D eigenvalue weighted by Gasteiger charge is 2.33. The van der Waals surface area contributed by atoms with E-state index in [-0.39, 0.29) is 35.7 Å². The SMILES string of the molecule is OC1CN([C@H]2CC[C@H](CNc3nc(NCc4ccccc4OC(F)(F)F)ncc3F)CC2)C1. The number of likely N-dealkylation sites (tertiary alicyclic amines) is 1. The molecule has 0 spiro atoms. The van der Waals surface area contributed by atoms with Gasteiger partial charge in [0.1, 0.15) is 5.75 Å². The molecule has 1 aliphatic heterocycles. The first-order valence-corrected chi connectivity index (χ1v) is 11.0. The van der Waals surface area contributed by atoms with Crippen LogP contribution >= 0.6 is 0 Å². The molecule has 11 heteroatoms. The number of halogens is 4. The summed E-state index contributed by atoms with van der Waals surface area (Å²) < 4.78 is 56.0. The van der Waals surface area contributed by atoms with E-state index in [2.05, 4.69) is 30.2 Å². The fraction of sp³-hybridized carbons (Fsp3) is 0.545. The highest BCUT2D eigenvalue weighted by molar-refractivity contribution is 5.42. The quantitative estimate of drug-likeness (QED) is 0.508. The van der Waals surface area contributed by atoms with Gasteiger partial charge < -0.3 is 20.5 Å². The Morgan fingerprint density at radius 2 is 1.82 bits per heavy atom. The molecule has 180 valence electrons. The number of rotatable bonds is 8. The maximum absolute atomic E-state index is 14.2. The minimum absolute atomic E-state index is 0.0213. The molecule has 0 atom stereocenters. The monoisotopic (exact) mass is 469 g/mol. The second-order valence-electron chi connectivity index (χ2n) is 8.56. The molecule has 1 aromatic carbocycles. The zero-order chi connectivity index (χ0) is 23.4. The van der Waals surface area contributed by atoms with Crippen molar-refractivity contribution in [3.63, 3.8) is 0 Å². The number of aliphatic hydroxyl groups excluding tert-OH is 1. The average Bonchev–Trinajstić information content (AvgIpc) is 2.76. The molecule has 0 amide bonds. The van der Waals surface area contributed by atoms with Crippen molar-refractivity contribution in [1.82, 2.24) is 14.9 Å². The number of benzene rings is 1. The van der Waals surface area contributed by atoms with E-state index >= 15 is 0 Å². The Hall–Kier alpha value is -2.66. The standard InChI is InChI=1S/C22H27F4N5O2/c23-18-11-29-21(28-10-15-3-1-2-4-19(15)33-22(24,25)26)30-20(18)27-9-14-5-7-16(8-6-14)31-12-17(32)13-31/h1-4,11,14,16-17,32H,5-10,12-13H2,(H2,27,28,29,30)/t14-,16-. The van der Waals surface area contributed by atoms with Crippen LogP contribution in [0.2, 0.25) is 0 Å². The van der Waals surface area contributed by atoms with Gasteiger partial charge in [0, 0.05) is 37.8 Å². The summed E-state index contributed by atoms with van der Waals surface area (Å²) in [6.45, 7) is 2.06. The van der Waals surface area contributed by atoms with Gasteiger partial charge in [0.15, 0.2) is 11.6 Å². The van der Waals surface area contributed by atoms with Gasteiger partial charge in [0.05, 0.1) is 12.3 Å². The number of β-amino-alcohol motifs (C(OH)–C–C–N with tert-alkyl or cyclic N) is 1. The number of hydrogen-bond acceptors (Lipinski definition) is 7. The van der Waals surface area contributed by atoms with E-state index in [0.717, 1.165) is 45.0 Å². The summed E-state index contributed by atoms with van der Waals surface area (Å²) >= 11 is 0. The van der Waals surface area contributed by atoms with Gasteiger partial charge in [-0.1, -0.05) is 18.2 Å². The van der Waals surface area contributed by atoms with Crippen molar-refractivity contribution >= 4 is 11.8 Å². The van der Waals surface area contributed by atoms with Crippen LogP contribution in [0.25, 0.3) is 0 Å². The minimum atomic E-state index is -4.80. The zero-order valence-corrected chi connectivity index (χ0v) is 18.0. The summed E-state index contributed by atoms with van der Waals surface area (Å²) in [5.41, 5.74) is 0.267. The molecule has 1 saturated heterocycles. The van der Waals surface area contributed by atoms with Crippen molar-refractivity contribution in [3.05, 3.63) is 41.8 Å². The predicted octanol–water partition coefficient (Wildman–Crippen LogP) is 3.77. The second-order valence-corrected chi connectivity index (χ2v) is 8.56. The van der Waals surface area contributed by atoms with Crippen LogP contribution < -0.4 is 15.4 Å². The Labute approximate surface area is 189 Å². The van der Waals surface area contributed by atoms with E-state index in [0.29, 0.717) is 18.5 Å². The smallest absolute Gasteiger partial charge is 0.405 e. The Kier molecular flexibility index (Phi) is 7.18. The lowest BCUT2D eigenvalue weighted by atomic mass is 9.84. The number of anilines is 2. The molecular formula is C22H27F4N5O2. The first kappa shape index (κ1) is 23.5. The third kappa shape index (κ3) is 6.44. The predicted molar refractivity (Wildman–Crippen MR) is 114 cm³/mol. The summed E-state index contributed by atoms with van der Waals surface area (Å²) in [5.74, 6) is -0.364. The topological polar surface area (TPSA) is 82.5 Å². The van der Waals surface area contributed by atoms with Gasteiger partial charge in [0.25, 0.3) is 0 Å². The molecule has 2 aromatic rings. The number of nitrogens with one attached hydrogen (secondary N) is 2. The molecule has 0 unspecified atom stereocenters. The van der Waals surface area contributed by atoms with Gasteiger partial charge in [0.2, 0.25) is 5.95 Å². The van der Waals surface area contributed by atoms with Crippen LogP contribution in [-0.2, 0) is 6.54 Å². The van der Waals surface area contributed by atoms with E-state index in [4.69, 9.17) is 0 Å². The van der Waals surface area contributed by atoms with Crippen molar-refractivity contribution in [2.24, 2.45) is 5.92 Å². The molecule has 1 aliphatic carbocycles. The molecule has 2 aliphatic rings. The highest BCUT2D eigenvalue weighted by atomic mass is 19.4. The molecule has 7 nitrogen and oxygen atoms in total. The van der Waals surface area contributed by atoms with Crippen LogP contribution in [0.5, 0.6) is 5.75 Å². The molecule has 2 fully saturated rings. The van der Waals surface area contributed by atoms with Crippen molar-refractivity contribution < 1.29 is 27.4 Å². The van der Waals surface area contributed by atoms with Gasteiger partial charge in [-0.15, -0.1) is 13.2 Å². The third-order valence-corrected chi connectivity index (χ3v) is 6.16. The Balaban J connectivity index is 1.29. The van der Waals surface area contributed by atoms with E-state index in [1.165, 1.54) is 18.2 Å². The number of hydrogen-bond donors (Lipinski definition) is 3. The minimum Gasteiger partial charge on any atom is -0.405 e. The van der Waals surface area contributed by atoms with Crippen LogP contribution in [0.1, 0.15) is 31.2 Å². The lowest BCUT2D eigenvalue weighted by Crippen LogP contribution is -2.56. The maximum atomic E-state index is 14.2. The van der Waals surface area contributed by atoms with Crippen LogP contribution in [0.4, 0.5) is 29.3 Å². The number of ether oxygens (including phenoxy) is 1. The maximum Gasteiger partial charge on any atom is 0.573 e. The van der Waals surface area contributed by atoms with Crippen molar-refractivity contribution in [2.45, 2.75) is 50.7 Å². The van der Waals surface area contributed by atoms with Gasteiger partial charge in [-0.3, -0.25) is 4.90 Å².